The fraction of sp³-hybridized carbons (Fsp3) is 0.188. The van der Waals surface area contributed by atoms with E-state index in [0.717, 1.165) is 9.26 Å². The molecular weight excluding hydrogens is 399 g/mol. The molecule has 1 saturated carbocycles. The number of halogens is 2. The molecule has 0 unspecified atom stereocenters. The van der Waals surface area contributed by atoms with Crippen LogP contribution in [0.25, 0.3) is 0 Å². The zero-order chi connectivity index (χ0) is 14.8. The SMILES string of the molecule is O=C(Nc1ccc(I)c(Cl)c1)Nc1ccccc1C1CC1. The third-order valence-electron chi connectivity index (χ3n) is 3.40. The number of anilines is 2. The van der Waals surface area contributed by atoms with Crippen LogP contribution in [0.3, 0.4) is 0 Å². The van der Waals surface area contributed by atoms with Gasteiger partial charge < -0.3 is 10.6 Å². The Balaban J connectivity index is 1.70. The molecule has 0 bridgehead atoms. The fourth-order valence-electron chi connectivity index (χ4n) is 2.22. The summed E-state index contributed by atoms with van der Waals surface area (Å²) in [6.45, 7) is 0. The predicted octanol–water partition coefficient (Wildman–Crippen LogP) is 5.47. The molecular formula is C16H14ClIN2O. The number of nitrogens with one attached hydrogen (secondary N) is 2. The molecule has 3 rings (SSSR count). The van der Waals surface area contributed by atoms with Crippen molar-refractivity contribution < 1.29 is 4.79 Å². The van der Waals surface area contributed by atoms with Gasteiger partial charge in [-0.25, -0.2) is 4.79 Å². The Morgan fingerprint density at radius 2 is 1.90 bits per heavy atom. The molecule has 0 atom stereocenters. The second kappa shape index (κ2) is 6.23. The Hall–Kier alpha value is -1.27. The van der Waals surface area contributed by atoms with Gasteiger partial charge in [-0.15, -0.1) is 0 Å². The molecule has 1 fully saturated rings. The van der Waals surface area contributed by atoms with Crippen LogP contribution in [0.4, 0.5) is 16.2 Å². The minimum absolute atomic E-state index is 0.250. The maximum atomic E-state index is 12.1. The molecule has 1 aliphatic rings. The lowest BCUT2D eigenvalue weighted by Crippen LogP contribution is -2.20. The van der Waals surface area contributed by atoms with Crippen molar-refractivity contribution in [2.24, 2.45) is 0 Å². The summed E-state index contributed by atoms with van der Waals surface area (Å²) in [5.41, 5.74) is 2.78. The molecule has 0 aliphatic heterocycles. The van der Waals surface area contributed by atoms with Gasteiger partial charge in [0.15, 0.2) is 0 Å². The van der Waals surface area contributed by atoms with Crippen LogP contribution >= 0.6 is 34.2 Å². The first-order chi connectivity index (χ1) is 10.1. The Bertz CT molecular complexity index is 686. The quantitative estimate of drug-likeness (QED) is 0.645. The summed E-state index contributed by atoms with van der Waals surface area (Å²) in [6.07, 6.45) is 2.40. The highest BCUT2D eigenvalue weighted by atomic mass is 127. The lowest BCUT2D eigenvalue weighted by atomic mass is 10.1. The number of para-hydroxylation sites is 1. The van der Waals surface area contributed by atoms with Crippen LogP contribution in [-0.2, 0) is 0 Å². The first kappa shape index (κ1) is 14.7. The van der Waals surface area contributed by atoms with Crippen molar-refractivity contribution in [3.05, 3.63) is 56.6 Å². The van der Waals surface area contributed by atoms with Crippen LogP contribution in [0.2, 0.25) is 5.02 Å². The average molecular weight is 413 g/mol. The summed E-state index contributed by atoms with van der Waals surface area (Å²) < 4.78 is 0.958. The molecule has 0 radical (unpaired) electrons. The van der Waals surface area contributed by atoms with Crippen LogP contribution in [0.5, 0.6) is 0 Å². The smallest absolute Gasteiger partial charge is 0.308 e. The highest BCUT2D eigenvalue weighted by Crippen LogP contribution is 2.43. The summed E-state index contributed by atoms with van der Waals surface area (Å²) in [5.74, 6) is 0.592. The summed E-state index contributed by atoms with van der Waals surface area (Å²) in [5, 5.41) is 6.36. The largest absolute Gasteiger partial charge is 0.323 e. The second-order valence-electron chi connectivity index (χ2n) is 5.07. The molecule has 108 valence electrons. The van der Waals surface area contributed by atoms with E-state index in [4.69, 9.17) is 11.6 Å². The van der Waals surface area contributed by atoms with E-state index in [1.807, 2.05) is 30.3 Å². The highest BCUT2D eigenvalue weighted by Gasteiger charge is 2.26. The van der Waals surface area contributed by atoms with Crippen LogP contribution in [0, 0.1) is 3.57 Å². The Kier molecular flexibility index (Phi) is 4.35. The molecule has 0 saturated heterocycles. The molecule has 5 heteroatoms. The van der Waals surface area contributed by atoms with Gasteiger partial charge in [-0.3, -0.25) is 0 Å². The van der Waals surface area contributed by atoms with E-state index < -0.39 is 0 Å². The maximum absolute atomic E-state index is 12.1. The predicted molar refractivity (Wildman–Crippen MR) is 95.2 cm³/mol. The first-order valence-corrected chi connectivity index (χ1v) is 8.21. The number of hydrogen-bond acceptors (Lipinski definition) is 1. The average Bonchev–Trinajstić information content (AvgIpc) is 3.28. The molecule has 2 aromatic rings. The van der Waals surface area contributed by atoms with Gasteiger partial charge in [-0.2, -0.15) is 0 Å². The van der Waals surface area contributed by atoms with E-state index in [1.54, 1.807) is 6.07 Å². The fourth-order valence-corrected chi connectivity index (χ4v) is 2.74. The van der Waals surface area contributed by atoms with Gasteiger partial charge >= 0.3 is 6.03 Å². The van der Waals surface area contributed by atoms with Gasteiger partial charge in [0.1, 0.15) is 0 Å². The summed E-state index contributed by atoms with van der Waals surface area (Å²) >= 11 is 8.20. The monoisotopic (exact) mass is 412 g/mol. The number of rotatable bonds is 3. The van der Waals surface area contributed by atoms with E-state index in [1.165, 1.54) is 18.4 Å². The van der Waals surface area contributed by atoms with Gasteiger partial charge in [-0.05, 0) is 71.2 Å². The number of urea groups is 1. The van der Waals surface area contributed by atoms with Crippen LogP contribution in [0.1, 0.15) is 24.3 Å². The standard InChI is InChI=1S/C16H14ClIN2O/c17-13-9-11(7-8-14(13)18)19-16(21)20-15-4-2-1-3-12(15)10-5-6-10/h1-4,7-10H,5-6H2,(H2,19,20,21). The van der Waals surface area contributed by atoms with E-state index in [0.29, 0.717) is 16.6 Å². The number of carbonyl (C=O) groups excluding carboxylic acids is 1. The molecule has 0 spiro atoms. The number of hydrogen-bond donors (Lipinski definition) is 2. The zero-order valence-corrected chi connectivity index (χ0v) is 14.1. The topological polar surface area (TPSA) is 41.1 Å². The Labute approximate surface area is 142 Å². The van der Waals surface area contributed by atoms with Gasteiger partial charge in [0.2, 0.25) is 0 Å². The molecule has 21 heavy (non-hydrogen) atoms. The lowest BCUT2D eigenvalue weighted by Gasteiger charge is -2.12. The van der Waals surface area contributed by atoms with Crippen molar-refractivity contribution in [1.82, 2.24) is 0 Å². The Morgan fingerprint density at radius 1 is 1.14 bits per heavy atom. The molecule has 2 amide bonds. The molecule has 1 aliphatic carbocycles. The molecule has 0 heterocycles. The van der Waals surface area contributed by atoms with Crippen molar-refractivity contribution in [3.63, 3.8) is 0 Å². The van der Waals surface area contributed by atoms with E-state index in [2.05, 4.69) is 39.3 Å². The number of amides is 2. The van der Waals surface area contributed by atoms with Crippen LogP contribution < -0.4 is 10.6 Å². The minimum atomic E-state index is -0.250. The molecule has 2 N–H and O–H groups in total. The molecule has 2 aromatic carbocycles. The van der Waals surface area contributed by atoms with Crippen molar-refractivity contribution in [2.45, 2.75) is 18.8 Å². The summed E-state index contributed by atoms with van der Waals surface area (Å²) in [6, 6.07) is 13.2. The summed E-state index contributed by atoms with van der Waals surface area (Å²) in [7, 11) is 0. The zero-order valence-electron chi connectivity index (χ0n) is 11.2. The molecule has 3 nitrogen and oxygen atoms in total. The highest BCUT2D eigenvalue weighted by molar-refractivity contribution is 14.1. The van der Waals surface area contributed by atoms with Crippen molar-refractivity contribution in [3.8, 4) is 0 Å². The lowest BCUT2D eigenvalue weighted by molar-refractivity contribution is 0.262. The number of carbonyl (C=O) groups is 1. The molecule has 0 aromatic heterocycles. The minimum Gasteiger partial charge on any atom is -0.308 e. The van der Waals surface area contributed by atoms with Crippen molar-refractivity contribution in [1.29, 1.82) is 0 Å². The normalized spacial score (nSPS) is 13.8. The van der Waals surface area contributed by atoms with Crippen LogP contribution in [0.15, 0.2) is 42.5 Å². The van der Waals surface area contributed by atoms with Crippen molar-refractivity contribution >= 4 is 51.6 Å². The van der Waals surface area contributed by atoms with E-state index in [9.17, 15) is 4.79 Å². The number of benzene rings is 2. The first-order valence-electron chi connectivity index (χ1n) is 6.75. The van der Waals surface area contributed by atoms with Gasteiger partial charge in [0.25, 0.3) is 0 Å². The van der Waals surface area contributed by atoms with E-state index in [-0.39, 0.29) is 6.03 Å². The third-order valence-corrected chi connectivity index (χ3v) is 4.98. The van der Waals surface area contributed by atoms with Gasteiger partial charge in [0, 0.05) is 14.9 Å². The van der Waals surface area contributed by atoms with Crippen LogP contribution in [-0.4, -0.2) is 6.03 Å². The Morgan fingerprint density at radius 3 is 2.62 bits per heavy atom. The maximum Gasteiger partial charge on any atom is 0.323 e. The third kappa shape index (κ3) is 3.68. The van der Waals surface area contributed by atoms with Gasteiger partial charge in [0.05, 0.1) is 5.02 Å². The summed E-state index contributed by atoms with van der Waals surface area (Å²) in [4.78, 5) is 12.1. The van der Waals surface area contributed by atoms with E-state index >= 15 is 0 Å². The second-order valence-corrected chi connectivity index (χ2v) is 6.64. The van der Waals surface area contributed by atoms with Gasteiger partial charge in [-0.1, -0.05) is 29.8 Å². The van der Waals surface area contributed by atoms with Crippen molar-refractivity contribution in [2.75, 3.05) is 10.6 Å².